The molecule has 0 fully saturated rings. The average molecular weight is 338 g/mol. The Morgan fingerprint density at radius 2 is 1.95 bits per heavy atom. The number of hydrogen-bond acceptors (Lipinski definition) is 4. The van der Waals surface area contributed by atoms with Crippen molar-refractivity contribution >= 4 is 12.4 Å². The van der Waals surface area contributed by atoms with Crippen molar-refractivity contribution in [3.63, 3.8) is 0 Å². The number of alkyl halides is 3. The summed E-state index contributed by atoms with van der Waals surface area (Å²) in [5.41, 5.74) is 6.05. The second-order valence-corrected chi connectivity index (χ2v) is 4.49. The minimum absolute atomic E-state index is 0. The van der Waals surface area contributed by atoms with E-state index in [1.807, 2.05) is 0 Å². The van der Waals surface area contributed by atoms with Gasteiger partial charge in [-0.3, -0.25) is 0 Å². The first-order valence-electron chi connectivity index (χ1n) is 6.19. The summed E-state index contributed by atoms with van der Waals surface area (Å²) in [6, 6.07) is 8.36. The van der Waals surface area contributed by atoms with Gasteiger partial charge in [-0.05, 0) is 24.3 Å². The number of nitrogens with two attached hydrogens (primary N) is 1. The van der Waals surface area contributed by atoms with Gasteiger partial charge >= 0.3 is 6.36 Å². The van der Waals surface area contributed by atoms with Gasteiger partial charge in [-0.25, -0.2) is 0 Å². The fourth-order valence-electron chi connectivity index (χ4n) is 1.81. The first-order valence-corrected chi connectivity index (χ1v) is 6.19. The smallest absolute Gasteiger partial charge is 0.461 e. The number of rotatable bonds is 5. The number of halogens is 4. The van der Waals surface area contributed by atoms with E-state index in [1.165, 1.54) is 18.2 Å². The maximum Gasteiger partial charge on any atom is 0.573 e. The number of hydrogen-bond donors (Lipinski definition) is 2. The molecule has 3 N–H and O–H groups in total. The molecule has 0 aliphatic rings. The standard InChI is InChI=1S/C14H14F3NO3.ClH/c15-14(16,17)21-12-3-1-2-9(6-12)13-5-4-11(20-13)7-10(18)8-19;/h1-6,10,19H,7-8,18H2;1H. The van der Waals surface area contributed by atoms with E-state index in [-0.39, 0.29) is 24.8 Å². The fraction of sp³-hybridized carbons (Fsp3) is 0.286. The van der Waals surface area contributed by atoms with E-state index < -0.39 is 12.4 Å². The highest BCUT2D eigenvalue weighted by Gasteiger charge is 2.31. The number of benzene rings is 1. The Hall–Kier alpha value is -1.70. The van der Waals surface area contributed by atoms with Crippen molar-refractivity contribution in [3.8, 4) is 17.1 Å². The minimum atomic E-state index is -4.74. The molecule has 2 aromatic rings. The lowest BCUT2D eigenvalue weighted by molar-refractivity contribution is -0.274. The summed E-state index contributed by atoms with van der Waals surface area (Å²) in [5.74, 6) is 0.640. The maximum absolute atomic E-state index is 12.2. The van der Waals surface area contributed by atoms with Crippen LogP contribution < -0.4 is 10.5 Å². The van der Waals surface area contributed by atoms with E-state index in [1.54, 1.807) is 18.2 Å². The zero-order chi connectivity index (χ0) is 15.5. The van der Waals surface area contributed by atoms with E-state index in [4.69, 9.17) is 15.3 Å². The van der Waals surface area contributed by atoms with Crippen LogP contribution in [0, 0.1) is 0 Å². The summed E-state index contributed by atoms with van der Waals surface area (Å²) in [7, 11) is 0. The third-order valence-electron chi connectivity index (χ3n) is 2.71. The highest BCUT2D eigenvalue weighted by atomic mass is 35.5. The lowest BCUT2D eigenvalue weighted by atomic mass is 10.1. The van der Waals surface area contributed by atoms with Crippen LogP contribution in [0.1, 0.15) is 5.76 Å². The summed E-state index contributed by atoms with van der Waals surface area (Å²) < 4.78 is 45.9. The van der Waals surface area contributed by atoms with Gasteiger partial charge in [-0.2, -0.15) is 0 Å². The van der Waals surface area contributed by atoms with E-state index in [0.29, 0.717) is 23.5 Å². The molecule has 0 aliphatic carbocycles. The van der Waals surface area contributed by atoms with Crippen molar-refractivity contribution in [1.82, 2.24) is 0 Å². The molecule has 1 unspecified atom stereocenters. The van der Waals surface area contributed by atoms with Crippen molar-refractivity contribution in [1.29, 1.82) is 0 Å². The summed E-state index contributed by atoms with van der Waals surface area (Å²) >= 11 is 0. The molecule has 1 atom stereocenters. The van der Waals surface area contributed by atoms with Gasteiger partial charge in [-0.15, -0.1) is 25.6 Å². The Labute approximate surface area is 131 Å². The van der Waals surface area contributed by atoms with Gasteiger partial charge in [0.15, 0.2) is 0 Å². The van der Waals surface area contributed by atoms with Crippen molar-refractivity contribution in [2.75, 3.05) is 6.61 Å². The Balaban J connectivity index is 0.00000242. The van der Waals surface area contributed by atoms with Gasteiger partial charge in [0, 0.05) is 18.0 Å². The zero-order valence-corrected chi connectivity index (χ0v) is 12.2. The Bertz CT molecular complexity index is 601. The molecule has 0 saturated heterocycles. The van der Waals surface area contributed by atoms with Crippen LogP contribution in [0.5, 0.6) is 5.75 Å². The molecule has 0 aliphatic heterocycles. The zero-order valence-electron chi connectivity index (χ0n) is 11.3. The molecule has 1 heterocycles. The molecule has 22 heavy (non-hydrogen) atoms. The van der Waals surface area contributed by atoms with Crippen LogP contribution in [0.25, 0.3) is 11.3 Å². The van der Waals surface area contributed by atoms with Crippen LogP contribution >= 0.6 is 12.4 Å². The van der Waals surface area contributed by atoms with Crippen molar-refractivity contribution < 1.29 is 27.4 Å². The van der Waals surface area contributed by atoms with E-state index >= 15 is 0 Å². The minimum Gasteiger partial charge on any atom is -0.461 e. The second-order valence-electron chi connectivity index (χ2n) is 4.49. The number of ether oxygens (including phenoxy) is 1. The molecule has 2 rings (SSSR count). The molecular formula is C14H15ClF3NO3. The van der Waals surface area contributed by atoms with Crippen LogP contribution in [-0.4, -0.2) is 24.1 Å². The Morgan fingerprint density at radius 3 is 2.59 bits per heavy atom. The van der Waals surface area contributed by atoms with Crippen molar-refractivity contribution in [2.45, 2.75) is 18.8 Å². The fourth-order valence-corrected chi connectivity index (χ4v) is 1.81. The van der Waals surface area contributed by atoms with Gasteiger partial charge in [0.05, 0.1) is 6.61 Å². The monoisotopic (exact) mass is 337 g/mol. The molecule has 0 radical (unpaired) electrons. The van der Waals surface area contributed by atoms with Crippen molar-refractivity contribution in [2.24, 2.45) is 5.73 Å². The molecule has 1 aromatic carbocycles. The van der Waals surface area contributed by atoms with Gasteiger partial charge in [0.1, 0.15) is 17.3 Å². The topological polar surface area (TPSA) is 68.6 Å². The summed E-state index contributed by atoms with van der Waals surface area (Å²) in [6.07, 6.45) is -4.39. The van der Waals surface area contributed by atoms with Crippen LogP contribution in [-0.2, 0) is 6.42 Å². The van der Waals surface area contributed by atoms with Crippen LogP contribution in [0.15, 0.2) is 40.8 Å². The first-order chi connectivity index (χ1) is 9.87. The van der Waals surface area contributed by atoms with Gasteiger partial charge < -0.3 is 20.0 Å². The largest absolute Gasteiger partial charge is 0.573 e. The van der Waals surface area contributed by atoms with Gasteiger partial charge in [-0.1, -0.05) is 12.1 Å². The van der Waals surface area contributed by atoms with Gasteiger partial charge in [0.25, 0.3) is 0 Å². The van der Waals surface area contributed by atoms with E-state index in [0.717, 1.165) is 0 Å². The molecular weight excluding hydrogens is 323 g/mol. The molecule has 0 saturated carbocycles. The quantitative estimate of drug-likeness (QED) is 0.879. The third-order valence-corrected chi connectivity index (χ3v) is 2.71. The summed E-state index contributed by atoms with van der Waals surface area (Å²) in [6.45, 7) is -0.176. The summed E-state index contributed by atoms with van der Waals surface area (Å²) in [4.78, 5) is 0. The number of aliphatic hydroxyl groups is 1. The number of aliphatic hydroxyl groups excluding tert-OH is 1. The average Bonchev–Trinajstić information content (AvgIpc) is 2.85. The predicted octanol–water partition coefficient (Wildman–Crippen LogP) is 3.13. The predicted molar refractivity (Wildman–Crippen MR) is 76.8 cm³/mol. The lowest BCUT2D eigenvalue weighted by Crippen LogP contribution is -2.26. The highest BCUT2D eigenvalue weighted by Crippen LogP contribution is 2.29. The molecule has 122 valence electrons. The molecule has 0 bridgehead atoms. The normalized spacial score (nSPS) is 12.6. The molecule has 1 aromatic heterocycles. The highest BCUT2D eigenvalue weighted by molar-refractivity contribution is 5.85. The van der Waals surface area contributed by atoms with Crippen molar-refractivity contribution in [3.05, 3.63) is 42.2 Å². The lowest BCUT2D eigenvalue weighted by Gasteiger charge is -2.09. The number of furan rings is 1. The molecule has 8 heteroatoms. The van der Waals surface area contributed by atoms with Crippen LogP contribution in [0.4, 0.5) is 13.2 Å². The second kappa shape index (κ2) is 7.53. The SMILES string of the molecule is Cl.NC(CO)Cc1ccc(-c2cccc(OC(F)(F)F)c2)o1. The maximum atomic E-state index is 12.2. The van der Waals surface area contributed by atoms with Gasteiger partial charge in [0.2, 0.25) is 0 Å². The van der Waals surface area contributed by atoms with E-state index in [2.05, 4.69) is 4.74 Å². The summed E-state index contributed by atoms with van der Waals surface area (Å²) in [5, 5.41) is 8.87. The van der Waals surface area contributed by atoms with E-state index in [9.17, 15) is 13.2 Å². The molecule has 0 amide bonds. The Morgan fingerprint density at radius 1 is 1.23 bits per heavy atom. The first kappa shape index (κ1) is 18.3. The van der Waals surface area contributed by atoms with Crippen LogP contribution in [0.2, 0.25) is 0 Å². The molecule has 0 spiro atoms. The molecule has 4 nitrogen and oxygen atoms in total. The van der Waals surface area contributed by atoms with Crippen LogP contribution in [0.3, 0.4) is 0 Å². The Kier molecular flexibility index (Phi) is 6.28. The third kappa shape index (κ3) is 5.25.